The Balaban J connectivity index is 1.21. The van der Waals surface area contributed by atoms with Crippen LogP contribution in [-0.2, 0) is 14.9 Å². The molecule has 206 valence electrons. The average molecular weight is 523 g/mol. The zero-order valence-electron chi connectivity index (χ0n) is 22.7. The lowest BCUT2D eigenvalue weighted by atomic mass is 9.44. The number of fused-ring (bicyclic) bond motifs is 5. The number of hydrogen-bond donors (Lipinski definition) is 1. The lowest BCUT2D eigenvalue weighted by Crippen LogP contribution is -2.54. The molecule has 7 heteroatoms. The van der Waals surface area contributed by atoms with Crippen molar-refractivity contribution < 1.29 is 22.9 Å². The molecular formula is C29H48NO5S-. The van der Waals surface area contributed by atoms with Crippen LogP contribution >= 0.6 is 0 Å². The fraction of sp³-hybridized carbons (Fsp3) is 0.966. The van der Waals surface area contributed by atoms with Gasteiger partial charge in [-0.25, -0.2) is 8.42 Å². The van der Waals surface area contributed by atoms with Crippen LogP contribution < -0.4 is 0 Å². The summed E-state index contributed by atoms with van der Waals surface area (Å²) in [7, 11) is -4.32. The van der Waals surface area contributed by atoms with Gasteiger partial charge in [-0.05, 0) is 123 Å². The van der Waals surface area contributed by atoms with Gasteiger partial charge in [0.1, 0.15) is 0 Å². The minimum absolute atomic E-state index is 0.0298. The quantitative estimate of drug-likeness (QED) is 0.497. The molecule has 1 saturated heterocycles. The van der Waals surface area contributed by atoms with Crippen LogP contribution in [0, 0.1) is 46.3 Å². The zero-order valence-corrected chi connectivity index (χ0v) is 23.5. The van der Waals surface area contributed by atoms with Crippen LogP contribution in [0.25, 0.3) is 0 Å². The highest BCUT2D eigenvalue weighted by atomic mass is 32.2. The molecule has 36 heavy (non-hydrogen) atoms. The molecule has 0 aromatic rings. The van der Waals surface area contributed by atoms with Crippen molar-refractivity contribution in [2.75, 3.05) is 12.3 Å². The summed E-state index contributed by atoms with van der Waals surface area (Å²) in [5.74, 6) is 3.81. The fourth-order valence-electron chi connectivity index (χ4n) is 10.5. The first kappa shape index (κ1) is 26.9. The lowest BCUT2D eigenvalue weighted by molar-refractivity contribution is -0.133. The van der Waals surface area contributed by atoms with Crippen LogP contribution in [-0.4, -0.2) is 53.3 Å². The van der Waals surface area contributed by atoms with E-state index in [4.69, 9.17) is 0 Å². The second-order valence-electron chi connectivity index (χ2n) is 13.9. The molecule has 1 N–H and O–H groups in total. The van der Waals surface area contributed by atoms with Gasteiger partial charge in [0.05, 0.1) is 22.0 Å². The first-order valence-corrected chi connectivity index (χ1v) is 16.4. The summed E-state index contributed by atoms with van der Waals surface area (Å²) in [6, 6.07) is -0.434. The van der Waals surface area contributed by atoms with Crippen LogP contribution in [0.15, 0.2) is 0 Å². The number of rotatable bonds is 6. The van der Waals surface area contributed by atoms with E-state index in [0.717, 1.165) is 43.4 Å². The van der Waals surface area contributed by atoms with Gasteiger partial charge in [-0.15, -0.1) is 0 Å². The normalized spacial score (nSPS) is 45.6. The third-order valence-corrected chi connectivity index (χ3v) is 13.1. The van der Waals surface area contributed by atoms with Gasteiger partial charge in [0.25, 0.3) is 0 Å². The van der Waals surface area contributed by atoms with Crippen molar-refractivity contribution in [1.82, 2.24) is 4.90 Å². The molecule has 6 nitrogen and oxygen atoms in total. The number of hydrogen-bond acceptors (Lipinski definition) is 5. The summed E-state index contributed by atoms with van der Waals surface area (Å²) in [5, 5.41) is 10.3. The Morgan fingerprint density at radius 1 is 1.03 bits per heavy atom. The molecule has 5 fully saturated rings. The van der Waals surface area contributed by atoms with Crippen molar-refractivity contribution in [2.24, 2.45) is 46.3 Å². The highest BCUT2D eigenvalue weighted by molar-refractivity contribution is 7.85. The number of aliphatic hydroxyl groups is 1. The second kappa shape index (κ2) is 9.82. The Kier molecular flexibility index (Phi) is 7.35. The minimum Gasteiger partial charge on any atom is -0.748 e. The Labute approximate surface area is 218 Å². The van der Waals surface area contributed by atoms with Crippen molar-refractivity contribution in [1.29, 1.82) is 0 Å². The molecule has 1 amide bonds. The molecule has 0 spiro atoms. The third-order valence-electron chi connectivity index (χ3n) is 12.3. The van der Waals surface area contributed by atoms with Crippen molar-refractivity contribution in [3.63, 3.8) is 0 Å². The van der Waals surface area contributed by atoms with Crippen molar-refractivity contribution >= 4 is 16.0 Å². The summed E-state index contributed by atoms with van der Waals surface area (Å²) in [6.45, 7) is 8.02. The number of carbonyl (C=O) groups excluding carboxylic acids is 1. The van der Waals surface area contributed by atoms with Crippen LogP contribution in [0.3, 0.4) is 0 Å². The molecule has 4 aliphatic carbocycles. The summed E-state index contributed by atoms with van der Waals surface area (Å²) in [6.07, 6.45) is 13.6. The van der Waals surface area contributed by atoms with E-state index < -0.39 is 21.9 Å². The van der Waals surface area contributed by atoms with E-state index in [0.29, 0.717) is 48.0 Å². The number of likely N-dealkylation sites (tertiary alicyclic amines) is 1. The van der Waals surface area contributed by atoms with Crippen LogP contribution in [0.1, 0.15) is 104 Å². The van der Waals surface area contributed by atoms with Gasteiger partial charge < -0.3 is 14.6 Å². The molecule has 10 atom stereocenters. The SMILES string of the molecule is C[C@H](CCC(=O)N1CCC[C@H]1CS(=O)(=O)[O-])[C@H]1CC[C@H]2[C@@H]3CC[C@@H]4C[C@H](O)CC[C@]4(C)[C@H]3CC[C@]12C. The molecule has 1 aliphatic heterocycles. The maximum atomic E-state index is 13.0. The van der Waals surface area contributed by atoms with Gasteiger partial charge in [0.2, 0.25) is 5.91 Å². The number of aliphatic hydroxyl groups excluding tert-OH is 1. The zero-order chi connectivity index (χ0) is 25.9. The van der Waals surface area contributed by atoms with Gasteiger partial charge in [0.15, 0.2) is 0 Å². The molecule has 0 aromatic carbocycles. The van der Waals surface area contributed by atoms with Gasteiger partial charge in [-0.1, -0.05) is 20.8 Å². The number of amides is 1. The topological polar surface area (TPSA) is 97.7 Å². The highest BCUT2D eigenvalue weighted by Gasteiger charge is 2.60. The largest absolute Gasteiger partial charge is 0.748 e. The Hall–Kier alpha value is -0.660. The lowest BCUT2D eigenvalue weighted by Gasteiger charge is -2.61. The molecule has 1 heterocycles. The fourth-order valence-corrected chi connectivity index (χ4v) is 11.3. The maximum Gasteiger partial charge on any atom is 0.222 e. The molecule has 0 bridgehead atoms. The predicted octanol–water partition coefficient (Wildman–Crippen LogP) is 4.96. The third kappa shape index (κ3) is 4.79. The van der Waals surface area contributed by atoms with Gasteiger partial charge in [0, 0.05) is 19.0 Å². The molecule has 0 radical (unpaired) electrons. The first-order chi connectivity index (χ1) is 16.9. The van der Waals surface area contributed by atoms with E-state index in [9.17, 15) is 22.9 Å². The highest BCUT2D eigenvalue weighted by Crippen LogP contribution is 2.68. The molecular weight excluding hydrogens is 474 g/mol. The van der Waals surface area contributed by atoms with E-state index in [1.165, 1.54) is 44.9 Å². The monoisotopic (exact) mass is 522 g/mol. The second-order valence-corrected chi connectivity index (χ2v) is 15.4. The van der Waals surface area contributed by atoms with Crippen molar-refractivity contribution in [3.05, 3.63) is 0 Å². The Morgan fingerprint density at radius 2 is 1.75 bits per heavy atom. The van der Waals surface area contributed by atoms with E-state index in [1.54, 1.807) is 4.90 Å². The molecule has 5 aliphatic rings. The minimum atomic E-state index is -4.32. The molecule has 5 rings (SSSR count). The summed E-state index contributed by atoms with van der Waals surface area (Å²) >= 11 is 0. The Morgan fingerprint density at radius 3 is 2.50 bits per heavy atom. The molecule has 0 aromatic heterocycles. The summed E-state index contributed by atoms with van der Waals surface area (Å²) in [4.78, 5) is 14.7. The summed E-state index contributed by atoms with van der Waals surface area (Å²) in [5.41, 5.74) is 0.761. The molecule has 0 unspecified atom stereocenters. The number of carbonyl (C=O) groups is 1. The summed E-state index contributed by atoms with van der Waals surface area (Å²) < 4.78 is 33.8. The van der Waals surface area contributed by atoms with E-state index in [-0.39, 0.29) is 12.0 Å². The first-order valence-electron chi connectivity index (χ1n) is 14.8. The number of nitrogens with zero attached hydrogens (tertiary/aromatic N) is 1. The van der Waals surface area contributed by atoms with Crippen molar-refractivity contribution in [3.8, 4) is 0 Å². The van der Waals surface area contributed by atoms with Gasteiger partial charge in [-0.2, -0.15) is 0 Å². The van der Waals surface area contributed by atoms with E-state index in [2.05, 4.69) is 20.8 Å². The van der Waals surface area contributed by atoms with Crippen LogP contribution in [0.2, 0.25) is 0 Å². The van der Waals surface area contributed by atoms with Crippen molar-refractivity contribution in [2.45, 2.75) is 116 Å². The van der Waals surface area contributed by atoms with Gasteiger partial charge in [-0.3, -0.25) is 4.79 Å². The van der Waals surface area contributed by atoms with E-state index in [1.807, 2.05) is 0 Å². The van der Waals surface area contributed by atoms with E-state index >= 15 is 0 Å². The average Bonchev–Trinajstić information content (AvgIpc) is 3.40. The predicted molar refractivity (Wildman–Crippen MR) is 139 cm³/mol. The van der Waals surface area contributed by atoms with Crippen LogP contribution in [0.4, 0.5) is 0 Å². The smallest absolute Gasteiger partial charge is 0.222 e. The maximum absolute atomic E-state index is 13.0. The van der Waals surface area contributed by atoms with Gasteiger partial charge >= 0.3 is 0 Å². The standard InChI is InChI=1S/C29H49NO5S/c1-19(6-11-27(32)30-16-4-5-21(30)18-36(33,34)35)24-9-10-25-23-8-7-20-17-22(31)12-14-28(20,2)26(23)13-15-29(24,25)3/h19-26,31H,4-18H2,1-3H3,(H,33,34,35)/p-1/t19-,20-,21+,22-,23+,24-,25+,26+,28+,29-/m1/s1. The Bertz CT molecular complexity index is 938. The molecule has 4 saturated carbocycles. The van der Waals surface area contributed by atoms with Crippen LogP contribution in [0.5, 0.6) is 0 Å².